The Hall–Kier alpha value is -0.870. The molecule has 2 N–H and O–H groups in total. The molecule has 1 fully saturated rings. The zero-order valence-corrected chi connectivity index (χ0v) is 9.54. The lowest BCUT2D eigenvalue weighted by Gasteiger charge is -2.22. The van der Waals surface area contributed by atoms with Crippen molar-refractivity contribution in [1.82, 2.24) is 9.97 Å². The lowest BCUT2D eigenvalue weighted by molar-refractivity contribution is 0.383. The molecular weight excluding hydrogens is 212 g/mol. The molecule has 0 spiro atoms. The Morgan fingerprint density at radius 3 is 2.73 bits per heavy atom. The number of halogens is 1. The van der Waals surface area contributed by atoms with Crippen LogP contribution in [-0.2, 0) is 0 Å². The molecule has 0 aromatic carbocycles. The first kappa shape index (κ1) is 10.6. The minimum Gasteiger partial charge on any atom is -0.340 e. The van der Waals surface area contributed by atoms with Crippen molar-refractivity contribution in [3.8, 4) is 0 Å². The first-order valence-corrected chi connectivity index (χ1v) is 5.43. The maximum absolute atomic E-state index is 5.74. The third-order valence-corrected chi connectivity index (χ3v) is 3.14. The van der Waals surface area contributed by atoms with Crippen molar-refractivity contribution in [2.75, 3.05) is 24.5 Å². The Balaban J connectivity index is 2.11. The zero-order chi connectivity index (χ0) is 10.9. The molecule has 1 aliphatic heterocycles. The number of hydrogen-bond donors (Lipinski definition) is 1. The fourth-order valence-corrected chi connectivity index (χ4v) is 1.93. The highest BCUT2D eigenvalue weighted by Gasteiger charge is 2.33. The van der Waals surface area contributed by atoms with Crippen LogP contribution in [-0.4, -0.2) is 29.6 Å². The fraction of sp³-hybridized carbons (Fsp3) is 0.600. The molecule has 4 nitrogen and oxygen atoms in total. The fourth-order valence-electron chi connectivity index (χ4n) is 1.83. The number of rotatable bonds is 2. The second-order valence-electron chi connectivity index (χ2n) is 4.39. The van der Waals surface area contributed by atoms with Gasteiger partial charge in [0.1, 0.15) is 0 Å². The molecular formula is C10H15ClN4. The van der Waals surface area contributed by atoms with Crippen LogP contribution in [0.15, 0.2) is 12.4 Å². The second-order valence-corrected chi connectivity index (χ2v) is 4.82. The van der Waals surface area contributed by atoms with E-state index in [2.05, 4.69) is 21.8 Å². The summed E-state index contributed by atoms with van der Waals surface area (Å²) in [6.45, 7) is 4.79. The maximum Gasteiger partial charge on any atom is 0.225 e. The number of nitrogens with two attached hydrogens (primary N) is 1. The number of hydrogen-bond acceptors (Lipinski definition) is 4. The van der Waals surface area contributed by atoms with Crippen molar-refractivity contribution in [3.63, 3.8) is 0 Å². The van der Waals surface area contributed by atoms with Crippen LogP contribution < -0.4 is 10.6 Å². The Bertz CT molecular complexity index is 340. The molecule has 1 unspecified atom stereocenters. The summed E-state index contributed by atoms with van der Waals surface area (Å²) >= 11 is 5.74. The lowest BCUT2D eigenvalue weighted by atomic mass is 9.90. The highest BCUT2D eigenvalue weighted by molar-refractivity contribution is 6.30. The second kappa shape index (κ2) is 3.94. The van der Waals surface area contributed by atoms with Gasteiger partial charge in [0.2, 0.25) is 5.95 Å². The van der Waals surface area contributed by atoms with Gasteiger partial charge in [0.15, 0.2) is 0 Å². The van der Waals surface area contributed by atoms with Crippen LogP contribution in [0.25, 0.3) is 0 Å². The van der Waals surface area contributed by atoms with Crippen molar-refractivity contribution in [2.24, 2.45) is 11.1 Å². The predicted molar refractivity (Wildman–Crippen MR) is 61.0 cm³/mol. The van der Waals surface area contributed by atoms with Gasteiger partial charge in [-0.25, -0.2) is 9.97 Å². The van der Waals surface area contributed by atoms with E-state index < -0.39 is 0 Å². The van der Waals surface area contributed by atoms with Gasteiger partial charge >= 0.3 is 0 Å². The SMILES string of the molecule is CC1(CN)CCN(c2ncc(Cl)cn2)C1. The van der Waals surface area contributed by atoms with Gasteiger partial charge in [-0.15, -0.1) is 0 Å². The van der Waals surface area contributed by atoms with Crippen LogP contribution in [0.1, 0.15) is 13.3 Å². The Morgan fingerprint density at radius 2 is 2.20 bits per heavy atom. The first-order chi connectivity index (χ1) is 7.13. The zero-order valence-electron chi connectivity index (χ0n) is 8.78. The molecule has 1 aliphatic rings. The van der Waals surface area contributed by atoms with E-state index in [1.165, 1.54) is 0 Å². The third-order valence-electron chi connectivity index (χ3n) is 2.94. The summed E-state index contributed by atoms with van der Waals surface area (Å²) in [7, 11) is 0. The number of anilines is 1. The molecule has 0 saturated carbocycles. The van der Waals surface area contributed by atoms with Gasteiger partial charge < -0.3 is 10.6 Å². The van der Waals surface area contributed by atoms with Crippen LogP contribution in [0, 0.1) is 5.41 Å². The smallest absolute Gasteiger partial charge is 0.225 e. The standard InChI is InChI=1S/C10H15ClN4/c1-10(6-12)2-3-15(7-10)9-13-4-8(11)5-14-9/h4-5H,2-3,6-7,12H2,1H3. The Morgan fingerprint density at radius 1 is 1.53 bits per heavy atom. The average Bonchev–Trinajstić information content (AvgIpc) is 2.63. The first-order valence-electron chi connectivity index (χ1n) is 5.05. The molecule has 82 valence electrons. The van der Waals surface area contributed by atoms with E-state index in [1.807, 2.05) is 0 Å². The molecule has 5 heteroatoms. The molecule has 0 radical (unpaired) electrons. The minimum absolute atomic E-state index is 0.197. The van der Waals surface area contributed by atoms with Crippen molar-refractivity contribution in [2.45, 2.75) is 13.3 Å². The number of aromatic nitrogens is 2. The van der Waals surface area contributed by atoms with E-state index >= 15 is 0 Å². The quantitative estimate of drug-likeness (QED) is 0.826. The topological polar surface area (TPSA) is 55.0 Å². The summed E-state index contributed by atoms with van der Waals surface area (Å²) < 4.78 is 0. The van der Waals surface area contributed by atoms with Crippen molar-refractivity contribution in [1.29, 1.82) is 0 Å². The Kier molecular flexibility index (Phi) is 2.80. The molecule has 15 heavy (non-hydrogen) atoms. The summed E-state index contributed by atoms with van der Waals surface area (Å²) in [4.78, 5) is 10.6. The van der Waals surface area contributed by atoms with Gasteiger partial charge in [0.25, 0.3) is 0 Å². The molecule has 1 aromatic rings. The molecule has 0 amide bonds. The van der Waals surface area contributed by atoms with Crippen LogP contribution in [0.3, 0.4) is 0 Å². The van der Waals surface area contributed by atoms with Gasteiger partial charge in [0, 0.05) is 13.1 Å². The molecule has 1 atom stereocenters. The molecule has 1 saturated heterocycles. The number of nitrogens with zero attached hydrogens (tertiary/aromatic N) is 3. The Labute approximate surface area is 94.5 Å². The molecule has 1 aromatic heterocycles. The average molecular weight is 227 g/mol. The maximum atomic E-state index is 5.74. The summed E-state index contributed by atoms with van der Waals surface area (Å²) in [5, 5.41) is 0.569. The van der Waals surface area contributed by atoms with Gasteiger partial charge in [-0.05, 0) is 18.4 Å². The summed E-state index contributed by atoms with van der Waals surface area (Å²) in [5.74, 6) is 0.747. The van der Waals surface area contributed by atoms with Gasteiger partial charge in [-0.2, -0.15) is 0 Å². The normalized spacial score (nSPS) is 25.9. The van der Waals surface area contributed by atoms with E-state index in [1.54, 1.807) is 12.4 Å². The molecule has 0 bridgehead atoms. The molecule has 0 aliphatic carbocycles. The highest BCUT2D eigenvalue weighted by Crippen LogP contribution is 2.30. The van der Waals surface area contributed by atoms with Crippen LogP contribution in [0.2, 0.25) is 5.02 Å². The van der Waals surface area contributed by atoms with Crippen LogP contribution in [0.5, 0.6) is 0 Å². The third kappa shape index (κ3) is 2.21. The van der Waals surface area contributed by atoms with Crippen LogP contribution >= 0.6 is 11.6 Å². The van der Waals surface area contributed by atoms with Gasteiger partial charge in [-0.3, -0.25) is 0 Å². The minimum atomic E-state index is 0.197. The lowest BCUT2D eigenvalue weighted by Crippen LogP contribution is -2.31. The summed E-state index contributed by atoms with van der Waals surface area (Å²) in [6.07, 6.45) is 4.35. The molecule has 2 rings (SSSR count). The van der Waals surface area contributed by atoms with E-state index in [9.17, 15) is 0 Å². The van der Waals surface area contributed by atoms with E-state index in [0.29, 0.717) is 11.6 Å². The summed E-state index contributed by atoms with van der Waals surface area (Å²) in [5.41, 5.74) is 5.94. The van der Waals surface area contributed by atoms with Gasteiger partial charge in [-0.1, -0.05) is 18.5 Å². The van der Waals surface area contributed by atoms with Crippen molar-refractivity contribution in [3.05, 3.63) is 17.4 Å². The van der Waals surface area contributed by atoms with Gasteiger partial charge in [0.05, 0.1) is 17.4 Å². The highest BCUT2D eigenvalue weighted by atomic mass is 35.5. The predicted octanol–water partition coefficient (Wildman–Crippen LogP) is 1.31. The largest absolute Gasteiger partial charge is 0.340 e. The van der Waals surface area contributed by atoms with Crippen molar-refractivity contribution < 1.29 is 0 Å². The van der Waals surface area contributed by atoms with Crippen LogP contribution in [0.4, 0.5) is 5.95 Å². The van der Waals surface area contributed by atoms with E-state index in [0.717, 1.165) is 25.5 Å². The van der Waals surface area contributed by atoms with E-state index in [-0.39, 0.29) is 5.41 Å². The molecule has 2 heterocycles. The van der Waals surface area contributed by atoms with Crippen molar-refractivity contribution >= 4 is 17.5 Å². The van der Waals surface area contributed by atoms with E-state index in [4.69, 9.17) is 17.3 Å². The summed E-state index contributed by atoms with van der Waals surface area (Å²) in [6, 6.07) is 0. The monoisotopic (exact) mass is 226 g/mol.